The monoisotopic (exact) mass is 284 g/mol. The van der Waals surface area contributed by atoms with Crippen molar-refractivity contribution in [2.45, 2.75) is 57.5 Å². The second-order valence-corrected chi connectivity index (χ2v) is 7.64. The highest BCUT2D eigenvalue weighted by Crippen LogP contribution is 2.52. The molecule has 3 nitrogen and oxygen atoms in total. The van der Waals surface area contributed by atoms with Crippen LogP contribution in [0.1, 0.15) is 57.4 Å². The average molecular weight is 284 g/mol. The summed E-state index contributed by atoms with van der Waals surface area (Å²) in [7, 11) is 0. The second kappa shape index (κ2) is 4.57. The van der Waals surface area contributed by atoms with Gasteiger partial charge in [-0.2, -0.15) is 0 Å². The van der Waals surface area contributed by atoms with Gasteiger partial charge in [0.25, 0.3) is 0 Å². The fourth-order valence-electron chi connectivity index (χ4n) is 4.50. The molecule has 21 heavy (non-hydrogen) atoms. The molecule has 0 amide bonds. The standard InChI is InChI=1S/C18H24N2O/c1-17(2)11-18(12-21-17)7-5-13(6-8-18)14-10-20-15-4-3-9-19-16(14)15/h3-4,9-10,13,20H,5-8,11-12H2,1-2H3/t13-,18+. The van der Waals surface area contributed by atoms with Gasteiger partial charge >= 0.3 is 0 Å². The van der Waals surface area contributed by atoms with Crippen molar-refractivity contribution in [2.75, 3.05) is 6.61 Å². The summed E-state index contributed by atoms with van der Waals surface area (Å²) < 4.78 is 6.01. The van der Waals surface area contributed by atoms with Crippen molar-refractivity contribution in [3.8, 4) is 0 Å². The van der Waals surface area contributed by atoms with Crippen LogP contribution in [0.3, 0.4) is 0 Å². The molecule has 1 aliphatic heterocycles. The van der Waals surface area contributed by atoms with E-state index in [1.165, 1.54) is 43.2 Å². The van der Waals surface area contributed by atoms with Gasteiger partial charge in [0.2, 0.25) is 0 Å². The van der Waals surface area contributed by atoms with E-state index in [0.717, 1.165) is 12.1 Å². The van der Waals surface area contributed by atoms with Crippen LogP contribution >= 0.6 is 0 Å². The molecular formula is C18H24N2O. The molecule has 2 fully saturated rings. The minimum Gasteiger partial charge on any atom is -0.375 e. The lowest BCUT2D eigenvalue weighted by molar-refractivity contribution is 0.0281. The van der Waals surface area contributed by atoms with Crippen LogP contribution in [0.4, 0.5) is 0 Å². The number of nitrogens with zero attached hydrogens (tertiary/aromatic N) is 1. The Bertz CT molecular complexity index is 650. The molecule has 2 aliphatic rings. The number of H-pyrrole nitrogens is 1. The summed E-state index contributed by atoms with van der Waals surface area (Å²) in [6.07, 6.45) is 10.4. The lowest BCUT2D eigenvalue weighted by atomic mass is 9.67. The van der Waals surface area contributed by atoms with E-state index in [1.54, 1.807) is 0 Å². The van der Waals surface area contributed by atoms with Crippen molar-refractivity contribution >= 4 is 11.0 Å². The zero-order chi connectivity index (χ0) is 14.5. The fraction of sp³-hybridized carbons (Fsp3) is 0.611. The minimum atomic E-state index is 0.0785. The highest BCUT2D eigenvalue weighted by Gasteiger charge is 2.46. The average Bonchev–Trinajstić information content (AvgIpc) is 3.02. The minimum absolute atomic E-state index is 0.0785. The van der Waals surface area contributed by atoms with Gasteiger partial charge in [-0.15, -0.1) is 0 Å². The van der Waals surface area contributed by atoms with Crippen LogP contribution in [0.5, 0.6) is 0 Å². The van der Waals surface area contributed by atoms with Crippen LogP contribution < -0.4 is 0 Å². The topological polar surface area (TPSA) is 37.9 Å². The number of fused-ring (bicyclic) bond motifs is 1. The first-order valence-corrected chi connectivity index (χ1v) is 8.13. The lowest BCUT2D eigenvalue weighted by Gasteiger charge is -2.36. The van der Waals surface area contributed by atoms with E-state index < -0.39 is 0 Å². The largest absolute Gasteiger partial charge is 0.375 e. The van der Waals surface area contributed by atoms with E-state index >= 15 is 0 Å². The number of nitrogens with one attached hydrogen (secondary N) is 1. The molecule has 1 saturated carbocycles. The summed E-state index contributed by atoms with van der Waals surface area (Å²) in [6.45, 7) is 5.42. The normalized spacial score (nSPS) is 32.0. The third-order valence-electron chi connectivity index (χ3n) is 5.52. The van der Waals surface area contributed by atoms with Crippen molar-refractivity contribution < 1.29 is 4.74 Å². The van der Waals surface area contributed by atoms with Gasteiger partial charge in [0, 0.05) is 12.4 Å². The number of pyridine rings is 1. The summed E-state index contributed by atoms with van der Waals surface area (Å²) in [5.41, 5.74) is 4.27. The molecule has 1 saturated heterocycles. The first-order chi connectivity index (χ1) is 10.1. The lowest BCUT2D eigenvalue weighted by Crippen LogP contribution is -2.28. The van der Waals surface area contributed by atoms with E-state index in [9.17, 15) is 0 Å². The number of aromatic amines is 1. The molecule has 1 N–H and O–H groups in total. The second-order valence-electron chi connectivity index (χ2n) is 7.64. The third kappa shape index (κ3) is 2.28. The maximum absolute atomic E-state index is 6.01. The number of ether oxygens (including phenoxy) is 1. The predicted octanol–water partition coefficient (Wildman–Crippen LogP) is 4.41. The zero-order valence-corrected chi connectivity index (χ0v) is 13.0. The summed E-state index contributed by atoms with van der Waals surface area (Å²) in [5, 5.41) is 0. The highest BCUT2D eigenvalue weighted by atomic mass is 16.5. The van der Waals surface area contributed by atoms with E-state index in [4.69, 9.17) is 4.74 Å². The molecule has 0 atom stereocenters. The van der Waals surface area contributed by atoms with Crippen LogP contribution in [0.25, 0.3) is 11.0 Å². The first-order valence-electron chi connectivity index (χ1n) is 8.13. The maximum atomic E-state index is 6.01. The summed E-state index contributed by atoms with van der Waals surface area (Å²) in [4.78, 5) is 7.94. The van der Waals surface area contributed by atoms with Gasteiger partial charge in [-0.3, -0.25) is 4.98 Å². The SMILES string of the molecule is CC1(C)C[C@]2(CC[C@H](c3c[nH]c4cccnc43)CC2)CO1. The molecule has 2 aromatic rings. The first kappa shape index (κ1) is 13.3. The Morgan fingerprint density at radius 2 is 2.10 bits per heavy atom. The Hall–Kier alpha value is -1.35. The molecule has 4 rings (SSSR count). The Balaban J connectivity index is 1.53. The van der Waals surface area contributed by atoms with Crippen LogP contribution in [-0.2, 0) is 4.74 Å². The molecule has 1 aliphatic carbocycles. The van der Waals surface area contributed by atoms with Gasteiger partial charge in [-0.1, -0.05) is 0 Å². The number of rotatable bonds is 1. The van der Waals surface area contributed by atoms with E-state index in [0.29, 0.717) is 11.3 Å². The summed E-state index contributed by atoms with van der Waals surface area (Å²) in [6, 6.07) is 4.11. The quantitative estimate of drug-likeness (QED) is 0.842. The van der Waals surface area contributed by atoms with Crippen molar-refractivity contribution in [2.24, 2.45) is 5.41 Å². The summed E-state index contributed by atoms with van der Waals surface area (Å²) in [5.74, 6) is 0.656. The maximum Gasteiger partial charge on any atom is 0.0913 e. The van der Waals surface area contributed by atoms with Gasteiger partial charge in [-0.25, -0.2) is 0 Å². The van der Waals surface area contributed by atoms with E-state index in [2.05, 4.69) is 36.1 Å². The third-order valence-corrected chi connectivity index (χ3v) is 5.52. The molecule has 0 unspecified atom stereocenters. The fourth-order valence-corrected chi connectivity index (χ4v) is 4.50. The molecular weight excluding hydrogens is 260 g/mol. The summed E-state index contributed by atoms with van der Waals surface area (Å²) >= 11 is 0. The van der Waals surface area contributed by atoms with Crippen molar-refractivity contribution in [1.82, 2.24) is 9.97 Å². The zero-order valence-electron chi connectivity index (χ0n) is 13.0. The van der Waals surface area contributed by atoms with E-state index in [-0.39, 0.29) is 5.60 Å². The highest BCUT2D eigenvalue weighted by molar-refractivity contribution is 5.79. The molecule has 0 bridgehead atoms. The molecule has 0 radical (unpaired) electrons. The molecule has 2 aromatic heterocycles. The Kier molecular flexibility index (Phi) is 2.90. The Labute approximate surface area is 126 Å². The molecule has 3 heteroatoms. The Morgan fingerprint density at radius 1 is 1.29 bits per heavy atom. The predicted molar refractivity (Wildman–Crippen MR) is 84.4 cm³/mol. The van der Waals surface area contributed by atoms with Gasteiger partial charge in [0.15, 0.2) is 0 Å². The van der Waals surface area contributed by atoms with E-state index in [1.807, 2.05) is 12.3 Å². The van der Waals surface area contributed by atoms with Gasteiger partial charge in [-0.05, 0) is 75.0 Å². The van der Waals surface area contributed by atoms with Gasteiger partial charge in [0.05, 0.1) is 23.2 Å². The van der Waals surface area contributed by atoms with Crippen LogP contribution in [0, 0.1) is 5.41 Å². The molecule has 0 aromatic carbocycles. The van der Waals surface area contributed by atoms with Crippen molar-refractivity contribution in [1.29, 1.82) is 0 Å². The van der Waals surface area contributed by atoms with Gasteiger partial charge in [0.1, 0.15) is 0 Å². The van der Waals surface area contributed by atoms with Crippen molar-refractivity contribution in [3.05, 3.63) is 30.1 Å². The van der Waals surface area contributed by atoms with Gasteiger partial charge < -0.3 is 9.72 Å². The molecule has 1 spiro atoms. The van der Waals surface area contributed by atoms with Crippen LogP contribution in [0.2, 0.25) is 0 Å². The number of hydrogen-bond donors (Lipinski definition) is 1. The molecule has 3 heterocycles. The number of aromatic nitrogens is 2. The van der Waals surface area contributed by atoms with Crippen LogP contribution in [0.15, 0.2) is 24.5 Å². The number of hydrogen-bond acceptors (Lipinski definition) is 2. The molecule has 112 valence electrons. The Morgan fingerprint density at radius 3 is 2.81 bits per heavy atom. The van der Waals surface area contributed by atoms with Crippen LogP contribution in [-0.4, -0.2) is 22.2 Å². The smallest absolute Gasteiger partial charge is 0.0913 e. The van der Waals surface area contributed by atoms with Crippen molar-refractivity contribution in [3.63, 3.8) is 0 Å².